The van der Waals surface area contributed by atoms with E-state index in [2.05, 4.69) is 10.2 Å². The first-order valence-electron chi connectivity index (χ1n) is 7.45. The molecule has 1 aromatic rings. The fourth-order valence-electron chi connectivity index (χ4n) is 2.68. The van der Waals surface area contributed by atoms with Crippen LogP contribution in [-0.4, -0.2) is 55.3 Å². The minimum atomic E-state index is -0.213. The maximum atomic E-state index is 11.9. The molecule has 1 aliphatic heterocycles. The molecule has 0 bridgehead atoms. The molecule has 6 heteroatoms. The van der Waals surface area contributed by atoms with Crippen molar-refractivity contribution < 1.29 is 19.1 Å². The van der Waals surface area contributed by atoms with Gasteiger partial charge in [0, 0.05) is 26.2 Å². The number of piperidine rings is 1. The molecule has 1 fully saturated rings. The Morgan fingerprint density at radius 1 is 1.52 bits per heavy atom. The fourth-order valence-corrected chi connectivity index (χ4v) is 2.68. The van der Waals surface area contributed by atoms with Crippen LogP contribution < -0.4 is 5.32 Å². The molecule has 1 aromatic heterocycles. The first-order chi connectivity index (χ1) is 10.2. The molecule has 1 atom stereocenters. The molecule has 6 nitrogen and oxygen atoms in total. The molecular formula is C15H24N2O4. The molecule has 1 amide bonds. The van der Waals surface area contributed by atoms with Gasteiger partial charge >= 0.3 is 0 Å². The standard InChI is InChI=1S/C15H24N2O4/c1-20-11-13-5-6-14(21-13)15(19)16-7-9-17-8-3-2-4-12(17)10-18/h5-6,12,18H,2-4,7-11H2,1H3,(H,16,19). The van der Waals surface area contributed by atoms with Crippen molar-refractivity contribution in [2.75, 3.05) is 33.4 Å². The number of carbonyl (C=O) groups is 1. The Balaban J connectivity index is 1.75. The third kappa shape index (κ3) is 4.56. The zero-order valence-electron chi connectivity index (χ0n) is 12.5. The number of carbonyl (C=O) groups excluding carboxylic acids is 1. The summed E-state index contributed by atoms with van der Waals surface area (Å²) < 4.78 is 10.3. The zero-order valence-corrected chi connectivity index (χ0v) is 12.5. The topological polar surface area (TPSA) is 74.9 Å². The summed E-state index contributed by atoms with van der Waals surface area (Å²) in [4.78, 5) is 14.2. The number of likely N-dealkylation sites (tertiary alicyclic amines) is 1. The summed E-state index contributed by atoms with van der Waals surface area (Å²) >= 11 is 0. The summed E-state index contributed by atoms with van der Waals surface area (Å²) in [6.07, 6.45) is 3.36. The quantitative estimate of drug-likeness (QED) is 0.785. The van der Waals surface area contributed by atoms with Gasteiger partial charge in [0.15, 0.2) is 5.76 Å². The first kappa shape index (κ1) is 16.0. The SMILES string of the molecule is COCc1ccc(C(=O)NCCN2CCCCC2CO)o1. The van der Waals surface area contributed by atoms with Crippen molar-refractivity contribution >= 4 is 5.91 Å². The van der Waals surface area contributed by atoms with Gasteiger partial charge in [-0.15, -0.1) is 0 Å². The van der Waals surface area contributed by atoms with Gasteiger partial charge in [-0.2, -0.15) is 0 Å². The minimum Gasteiger partial charge on any atom is -0.453 e. The predicted molar refractivity (Wildman–Crippen MR) is 78.1 cm³/mol. The van der Waals surface area contributed by atoms with E-state index < -0.39 is 0 Å². The summed E-state index contributed by atoms with van der Waals surface area (Å²) in [6, 6.07) is 3.62. The van der Waals surface area contributed by atoms with E-state index in [0.29, 0.717) is 24.7 Å². The normalized spacial score (nSPS) is 19.6. The molecule has 0 aromatic carbocycles. The van der Waals surface area contributed by atoms with Crippen molar-refractivity contribution in [2.24, 2.45) is 0 Å². The number of amides is 1. The van der Waals surface area contributed by atoms with Crippen molar-refractivity contribution in [1.82, 2.24) is 10.2 Å². The molecule has 1 unspecified atom stereocenters. The molecular weight excluding hydrogens is 272 g/mol. The second-order valence-corrected chi connectivity index (χ2v) is 5.32. The summed E-state index contributed by atoms with van der Waals surface area (Å²) in [5.74, 6) is 0.730. The molecule has 118 valence electrons. The van der Waals surface area contributed by atoms with Gasteiger partial charge in [0.25, 0.3) is 5.91 Å². The predicted octanol–water partition coefficient (Wildman–Crippen LogP) is 1.00. The molecule has 21 heavy (non-hydrogen) atoms. The van der Waals surface area contributed by atoms with Gasteiger partial charge in [0.2, 0.25) is 0 Å². The number of hydrogen-bond acceptors (Lipinski definition) is 5. The molecule has 2 rings (SSSR count). The van der Waals surface area contributed by atoms with Crippen LogP contribution in [0.3, 0.4) is 0 Å². The fraction of sp³-hybridized carbons (Fsp3) is 0.667. The number of furan rings is 1. The Kier molecular flexibility index (Phi) is 6.22. The number of nitrogens with zero attached hydrogens (tertiary/aromatic N) is 1. The second kappa shape index (κ2) is 8.17. The second-order valence-electron chi connectivity index (χ2n) is 5.32. The van der Waals surface area contributed by atoms with Crippen molar-refractivity contribution in [2.45, 2.75) is 31.9 Å². The molecule has 2 heterocycles. The van der Waals surface area contributed by atoms with Gasteiger partial charge in [-0.05, 0) is 31.5 Å². The average molecular weight is 296 g/mol. The highest BCUT2D eigenvalue weighted by Crippen LogP contribution is 2.15. The zero-order chi connectivity index (χ0) is 15.1. The van der Waals surface area contributed by atoms with E-state index in [4.69, 9.17) is 9.15 Å². The van der Waals surface area contributed by atoms with Crippen molar-refractivity contribution in [3.63, 3.8) is 0 Å². The Hall–Kier alpha value is -1.37. The van der Waals surface area contributed by atoms with E-state index >= 15 is 0 Å². The van der Waals surface area contributed by atoms with Crippen LogP contribution in [0.1, 0.15) is 35.6 Å². The molecule has 0 aliphatic carbocycles. The van der Waals surface area contributed by atoms with E-state index in [9.17, 15) is 9.90 Å². The highest BCUT2D eigenvalue weighted by atomic mass is 16.5. The van der Waals surface area contributed by atoms with Crippen LogP contribution in [0.5, 0.6) is 0 Å². The summed E-state index contributed by atoms with van der Waals surface area (Å²) in [5.41, 5.74) is 0. The largest absolute Gasteiger partial charge is 0.453 e. The molecule has 1 saturated heterocycles. The number of aliphatic hydroxyl groups is 1. The summed E-state index contributed by atoms with van der Waals surface area (Å²) in [6.45, 7) is 2.84. The third-order valence-electron chi connectivity index (χ3n) is 3.82. The van der Waals surface area contributed by atoms with Gasteiger partial charge in [-0.3, -0.25) is 9.69 Å². The summed E-state index contributed by atoms with van der Waals surface area (Å²) in [7, 11) is 1.58. The van der Waals surface area contributed by atoms with Crippen molar-refractivity contribution in [3.05, 3.63) is 23.7 Å². The van der Waals surface area contributed by atoms with Crippen LogP contribution in [0.2, 0.25) is 0 Å². The smallest absolute Gasteiger partial charge is 0.287 e. The van der Waals surface area contributed by atoms with Crippen molar-refractivity contribution in [1.29, 1.82) is 0 Å². The lowest BCUT2D eigenvalue weighted by Gasteiger charge is -2.34. The number of rotatable bonds is 7. The first-order valence-corrected chi connectivity index (χ1v) is 7.45. The van der Waals surface area contributed by atoms with E-state index in [1.165, 1.54) is 6.42 Å². The number of nitrogens with one attached hydrogen (secondary N) is 1. The van der Waals surface area contributed by atoms with Gasteiger partial charge < -0.3 is 19.6 Å². The number of hydrogen-bond donors (Lipinski definition) is 2. The molecule has 2 N–H and O–H groups in total. The van der Waals surface area contributed by atoms with Gasteiger partial charge in [0.05, 0.1) is 6.61 Å². The maximum Gasteiger partial charge on any atom is 0.287 e. The Bertz CT molecular complexity index is 447. The number of methoxy groups -OCH3 is 1. The summed E-state index contributed by atoms with van der Waals surface area (Å²) in [5, 5.41) is 12.2. The molecule has 0 saturated carbocycles. The van der Waals surface area contributed by atoms with E-state index in [0.717, 1.165) is 25.9 Å². The maximum absolute atomic E-state index is 11.9. The highest BCUT2D eigenvalue weighted by Gasteiger charge is 2.21. The molecule has 1 aliphatic rings. The Morgan fingerprint density at radius 3 is 3.14 bits per heavy atom. The van der Waals surface area contributed by atoms with Gasteiger partial charge in [-0.1, -0.05) is 6.42 Å². The lowest BCUT2D eigenvalue weighted by atomic mass is 10.0. The van der Waals surface area contributed by atoms with Crippen LogP contribution in [0, 0.1) is 0 Å². The minimum absolute atomic E-state index is 0.187. The highest BCUT2D eigenvalue weighted by molar-refractivity contribution is 5.91. The van der Waals surface area contributed by atoms with E-state index in [-0.39, 0.29) is 18.6 Å². The lowest BCUT2D eigenvalue weighted by Crippen LogP contribution is -2.45. The van der Waals surface area contributed by atoms with Crippen molar-refractivity contribution in [3.8, 4) is 0 Å². The van der Waals surface area contributed by atoms with Crippen LogP contribution in [-0.2, 0) is 11.3 Å². The molecule has 0 radical (unpaired) electrons. The van der Waals surface area contributed by atoms with Gasteiger partial charge in [0.1, 0.15) is 12.4 Å². The van der Waals surface area contributed by atoms with Gasteiger partial charge in [-0.25, -0.2) is 0 Å². The molecule has 0 spiro atoms. The average Bonchev–Trinajstić information content (AvgIpc) is 2.97. The van der Waals surface area contributed by atoms with E-state index in [1.807, 2.05) is 0 Å². The Morgan fingerprint density at radius 2 is 2.38 bits per heavy atom. The van der Waals surface area contributed by atoms with Crippen LogP contribution in [0.25, 0.3) is 0 Å². The number of ether oxygens (including phenoxy) is 1. The third-order valence-corrected chi connectivity index (χ3v) is 3.82. The Labute approximate surface area is 125 Å². The van der Waals surface area contributed by atoms with E-state index in [1.54, 1.807) is 19.2 Å². The number of aliphatic hydroxyl groups excluding tert-OH is 1. The lowest BCUT2D eigenvalue weighted by molar-refractivity contribution is 0.0831. The van der Waals surface area contributed by atoms with Crippen LogP contribution >= 0.6 is 0 Å². The van der Waals surface area contributed by atoms with Crippen LogP contribution in [0.4, 0.5) is 0 Å². The van der Waals surface area contributed by atoms with Crippen LogP contribution in [0.15, 0.2) is 16.5 Å². The monoisotopic (exact) mass is 296 g/mol.